The van der Waals surface area contributed by atoms with Crippen molar-refractivity contribution in [2.75, 3.05) is 4.72 Å². The third kappa shape index (κ3) is 3.69. The van der Waals surface area contributed by atoms with Gasteiger partial charge in [0.1, 0.15) is 10.6 Å². The van der Waals surface area contributed by atoms with Gasteiger partial charge >= 0.3 is 6.18 Å². The van der Waals surface area contributed by atoms with Crippen LogP contribution in [0.3, 0.4) is 0 Å². The lowest BCUT2D eigenvalue weighted by Crippen LogP contribution is -2.15. The van der Waals surface area contributed by atoms with E-state index in [0.717, 1.165) is 11.8 Å². The zero-order chi connectivity index (χ0) is 17.4. The number of nitrogens with one attached hydrogen (secondary N) is 2. The van der Waals surface area contributed by atoms with Gasteiger partial charge < -0.3 is 4.98 Å². The van der Waals surface area contributed by atoms with Crippen LogP contribution >= 0.6 is 0 Å². The van der Waals surface area contributed by atoms with Gasteiger partial charge in [0.15, 0.2) is 0 Å². The Morgan fingerprint density at radius 1 is 1.22 bits per heavy atom. The number of hydrogen-bond acceptors (Lipinski definition) is 2. The molecule has 0 aliphatic heterocycles. The molecule has 0 bridgehead atoms. The molecule has 2 N–H and O–H groups in total. The number of sulfonamides is 1. The highest BCUT2D eigenvalue weighted by atomic mass is 32.2. The molecule has 1 aromatic carbocycles. The number of hydrogen-bond donors (Lipinski definition) is 2. The van der Waals surface area contributed by atoms with Crippen molar-refractivity contribution in [2.45, 2.75) is 37.8 Å². The molecular formula is C15H17F3N2O2S. The third-order valence-electron chi connectivity index (χ3n) is 3.44. The summed E-state index contributed by atoms with van der Waals surface area (Å²) in [4.78, 5) is 1.49. The maximum Gasteiger partial charge on any atom is 0.431 e. The van der Waals surface area contributed by atoms with Gasteiger partial charge in [-0.15, -0.1) is 0 Å². The number of para-hydroxylation sites is 1. The molecule has 2 aromatic rings. The molecule has 0 saturated carbocycles. The molecule has 0 fully saturated rings. The van der Waals surface area contributed by atoms with Crippen LogP contribution in [0.1, 0.15) is 36.6 Å². The molecule has 2 rings (SSSR count). The fourth-order valence-corrected chi connectivity index (χ4v) is 3.35. The first-order valence-corrected chi connectivity index (χ1v) is 8.38. The van der Waals surface area contributed by atoms with E-state index in [2.05, 4.69) is 4.72 Å². The highest BCUT2D eigenvalue weighted by Gasteiger charge is 2.34. The molecule has 1 aromatic heterocycles. The van der Waals surface area contributed by atoms with Gasteiger partial charge in [-0.05, 0) is 30.0 Å². The van der Waals surface area contributed by atoms with Crippen LogP contribution < -0.4 is 4.72 Å². The van der Waals surface area contributed by atoms with Gasteiger partial charge in [0, 0.05) is 6.20 Å². The van der Waals surface area contributed by atoms with Gasteiger partial charge in [-0.25, -0.2) is 8.42 Å². The monoisotopic (exact) mass is 346 g/mol. The zero-order valence-corrected chi connectivity index (χ0v) is 13.6. The second-order valence-electron chi connectivity index (χ2n) is 5.55. The van der Waals surface area contributed by atoms with Gasteiger partial charge in [-0.1, -0.05) is 32.0 Å². The van der Waals surface area contributed by atoms with Gasteiger partial charge in [-0.3, -0.25) is 4.72 Å². The third-order valence-corrected chi connectivity index (χ3v) is 4.76. The van der Waals surface area contributed by atoms with Crippen LogP contribution in [0, 0.1) is 6.92 Å². The molecule has 1 heterocycles. The number of benzene rings is 1. The molecule has 0 aliphatic carbocycles. The summed E-state index contributed by atoms with van der Waals surface area (Å²) >= 11 is 0. The average Bonchev–Trinajstić information content (AvgIpc) is 2.91. The Labute approximate surface area is 132 Å². The van der Waals surface area contributed by atoms with Crippen molar-refractivity contribution in [3.8, 4) is 0 Å². The van der Waals surface area contributed by atoms with E-state index in [9.17, 15) is 21.6 Å². The Balaban J connectivity index is 2.42. The predicted octanol–water partition coefficient (Wildman–Crippen LogP) is 4.27. The van der Waals surface area contributed by atoms with E-state index in [0.29, 0.717) is 17.3 Å². The summed E-state index contributed by atoms with van der Waals surface area (Å²) in [6.45, 7) is 5.55. The average molecular weight is 346 g/mol. The standard InChI is InChI=1S/C15H17F3N2O2S/c1-9(2)12-6-4-5-10(3)14(12)20-23(21,22)11-7-13(19-8-11)15(16,17)18/h4-9,19-20H,1-3H3. The molecule has 23 heavy (non-hydrogen) atoms. The van der Waals surface area contributed by atoms with Crippen LogP contribution in [0.15, 0.2) is 35.4 Å². The van der Waals surface area contributed by atoms with E-state index in [-0.39, 0.29) is 5.92 Å². The summed E-state index contributed by atoms with van der Waals surface area (Å²) in [7, 11) is -4.11. The van der Waals surface area contributed by atoms with E-state index in [1.165, 1.54) is 0 Å². The molecule has 0 spiro atoms. The second kappa shape index (κ2) is 5.92. The Morgan fingerprint density at radius 2 is 1.87 bits per heavy atom. The van der Waals surface area contributed by atoms with Gasteiger partial charge in [0.2, 0.25) is 0 Å². The molecule has 8 heteroatoms. The van der Waals surface area contributed by atoms with Crippen LogP contribution in [-0.2, 0) is 16.2 Å². The van der Waals surface area contributed by atoms with Crippen LogP contribution in [-0.4, -0.2) is 13.4 Å². The Hall–Kier alpha value is -1.96. The number of H-pyrrole nitrogens is 1. The highest BCUT2D eigenvalue weighted by molar-refractivity contribution is 7.92. The minimum atomic E-state index is -4.63. The maximum absolute atomic E-state index is 12.6. The number of aryl methyl sites for hydroxylation is 1. The van der Waals surface area contributed by atoms with Crippen molar-refractivity contribution in [3.05, 3.63) is 47.3 Å². The molecule has 0 amide bonds. The summed E-state index contributed by atoms with van der Waals surface area (Å²) in [5.41, 5.74) is 0.774. The summed E-state index contributed by atoms with van der Waals surface area (Å²) < 4.78 is 65.0. The lowest BCUT2D eigenvalue weighted by Gasteiger charge is -2.17. The number of rotatable bonds is 4. The highest BCUT2D eigenvalue weighted by Crippen LogP contribution is 2.32. The molecule has 0 radical (unpaired) electrons. The van der Waals surface area contributed by atoms with Gasteiger partial charge in [0.25, 0.3) is 10.0 Å². The van der Waals surface area contributed by atoms with Crippen LogP contribution in [0.2, 0.25) is 0 Å². The molecule has 0 aliphatic rings. The van der Waals surface area contributed by atoms with Crippen molar-refractivity contribution < 1.29 is 21.6 Å². The molecule has 4 nitrogen and oxygen atoms in total. The zero-order valence-electron chi connectivity index (χ0n) is 12.8. The smallest absolute Gasteiger partial charge is 0.356 e. The van der Waals surface area contributed by atoms with Crippen molar-refractivity contribution in [3.63, 3.8) is 0 Å². The van der Waals surface area contributed by atoms with Gasteiger partial charge in [-0.2, -0.15) is 13.2 Å². The Morgan fingerprint density at radius 3 is 2.39 bits per heavy atom. The first kappa shape index (κ1) is 17.4. The van der Waals surface area contributed by atoms with E-state index in [1.807, 2.05) is 18.8 Å². The first-order valence-electron chi connectivity index (χ1n) is 6.90. The van der Waals surface area contributed by atoms with E-state index < -0.39 is 26.8 Å². The number of aromatic nitrogens is 1. The van der Waals surface area contributed by atoms with E-state index in [4.69, 9.17) is 0 Å². The minimum Gasteiger partial charge on any atom is -0.356 e. The fourth-order valence-electron chi connectivity index (χ4n) is 2.20. The SMILES string of the molecule is Cc1cccc(C(C)C)c1NS(=O)(=O)c1c[nH]c(C(F)(F)F)c1. The number of halogens is 3. The van der Waals surface area contributed by atoms with Crippen LogP contribution in [0.4, 0.5) is 18.9 Å². The number of anilines is 1. The van der Waals surface area contributed by atoms with Crippen LogP contribution in [0.5, 0.6) is 0 Å². The van der Waals surface area contributed by atoms with E-state index >= 15 is 0 Å². The summed E-state index contributed by atoms with van der Waals surface area (Å²) in [6, 6.07) is 5.91. The lowest BCUT2D eigenvalue weighted by atomic mass is 9.99. The molecule has 126 valence electrons. The van der Waals surface area contributed by atoms with E-state index in [1.54, 1.807) is 25.1 Å². The Kier molecular flexibility index (Phi) is 4.48. The van der Waals surface area contributed by atoms with Crippen molar-refractivity contribution in [1.82, 2.24) is 4.98 Å². The topological polar surface area (TPSA) is 62.0 Å². The lowest BCUT2D eigenvalue weighted by molar-refractivity contribution is -0.140. The molecular weight excluding hydrogens is 329 g/mol. The molecule has 0 saturated heterocycles. The first-order chi connectivity index (χ1) is 10.5. The largest absolute Gasteiger partial charge is 0.431 e. The second-order valence-corrected chi connectivity index (χ2v) is 7.23. The summed E-state index contributed by atoms with van der Waals surface area (Å²) in [5.74, 6) is 0.0598. The van der Waals surface area contributed by atoms with Crippen molar-refractivity contribution >= 4 is 15.7 Å². The van der Waals surface area contributed by atoms with Crippen molar-refractivity contribution in [1.29, 1.82) is 0 Å². The van der Waals surface area contributed by atoms with Crippen LogP contribution in [0.25, 0.3) is 0 Å². The number of aromatic amines is 1. The molecule has 0 unspecified atom stereocenters. The maximum atomic E-state index is 12.6. The normalized spacial score (nSPS) is 12.7. The Bertz CT molecular complexity index is 808. The summed E-state index contributed by atoms with van der Waals surface area (Å²) in [5, 5.41) is 0. The summed E-state index contributed by atoms with van der Waals surface area (Å²) in [6.07, 6.45) is -3.79. The van der Waals surface area contributed by atoms with Crippen molar-refractivity contribution in [2.24, 2.45) is 0 Å². The predicted molar refractivity (Wildman–Crippen MR) is 81.9 cm³/mol. The molecule has 0 atom stereocenters. The minimum absolute atomic E-state index is 0.0598. The van der Waals surface area contributed by atoms with Gasteiger partial charge in [0.05, 0.1) is 5.69 Å². The number of alkyl halides is 3. The quantitative estimate of drug-likeness (QED) is 0.869. The fraction of sp³-hybridized carbons (Fsp3) is 0.333.